The summed E-state index contributed by atoms with van der Waals surface area (Å²) in [6, 6.07) is 2.59. The third-order valence-corrected chi connectivity index (χ3v) is 3.82. The average Bonchev–Trinajstić information content (AvgIpc) is 2.29. The molecule has 0 saturated carbocycles. The summed E-state index contributed by atoms with van der Waals surface area (Å²) in [6.45, 7) is 3.72. The van der Waals surface area contributed by atoms with E-state index in [-0.39, 0.29) is 22.6 Å². The predicted molar refractivity (Wildman–Crippen MR) is 64.5 cm³/mol. The number of aryl methyl sites for hydroxylation is 1. The van der Waals surface area contributed by atoms with Gasteiger partial charge >= 0.3 is 0 Å². The van der Waals surface area contributed by atoms with Crippen molar-refractivity contribution in [3.63, 3.8) is 0 Å². The maximum Gasteiger partial charge on any atom is 0.240 e. The van der Waals surface area contributed by atoms with E-state index < -0.39 is 15.8 Å². The number of hydrogen-bond acceptors (Lipinski definition) is 3. The number of halogens is 1. The van der Waals surface area contributed by atoms with Crippen molar-refractivity contribution in [1.29, 1.82) is 0 Å². The average molecular weight is 260 g/mol. The first-order valence-corrected chi connectivity index (χ1v) is 6.89. The van der Waals surface area contributed by atoms with E-state index in [2.05, 4.69) is 4.72 Å². The Labute approximate surface area is 101 Å². The van der Waals surface area contributed by atoms with Gasteiger partial charge in [0.1, 0.15) is 5.82 Å². The quantitative estimate of drug-likeness (QED) is 0.837. The van der Waals surface area contributed by atoms with Gasteiger partial charge < -0.3 is 5.73 Å². The van der Waals surface area contributed by atoms with Crippen molar-refractivity contribution in [3.8, 4) is 0 Å². The molecule has 0 radical (unpaired) electrons. The highest BCUT2D eigenvalue weighted by atomic mass is 32.2. The monoisotopic (exact) mass is 260 g/mol. The first kappa shape index (κ1) is 14.1. The number of nitrogens with two attached hydrogens (primary N) is 1. The highest BCUT2D eigenvalue weighted by Crippen LogP contribution is 2.18. The summed E-state index contributed by atoms with van der Waals surface area (Å²) in [6.07, 6.45) is 0.698. The molecule has 4 nitrogen and oxygen atoms in total. The summed E-state index contributed by atoms with van der Waals surface area (Å²) in [5, 5.41) is 0. The maximum atomic E-state index is 13.5. The van der Waals surface area contributed by atoms with Gasteiger partial charge in [-0.15, -0.1) is 0 Å². The van der Waals surface area contributed by atoms with E-state index in [1.165, 1.54) is 19.1 Å². The van der Waals surface area contributed by atoms with Crippen molar-refractivity contribution >= 4 is 10.0 Å². The van der Waals surface area contributed by atoms with E-state index in [0.29, 0.717) is 13.0 Å². The summed E-state index contributed by atoms with van der Waals surface area (Å²) in [7, 11) is -3.57. The maximum absolute atomic E-state index is 13.5. The second-order valence-electron chi connectivity index (χ2n) is 3.82. The molecule has 0 aliphatic carbocycles. The Kier molecular flexibility index (Phi) is 4.62. The molecule has 0 spiro atoms. The van der Waals surface area contributed by atoms with Gasteiger partial charge in [0.2, 0.25) is 10.0 Å². The molecule has 0 unspecified atom stereocenters. The van der Waals surface area contributed by atoms with E-state index in [4.69, 9.17) is 5.73 Å². The van der Waals surface area contributed by atoms with Crippen LogP contribution in [-0.4, -0.2) is 15.0 Å². The summed E-state index contributed by atoms with van der Waals surface area (Å²) in [4.78, 5) is 0.0605. The van der Waals surface area contributed by atoms with Crippen LogP contribution in [0.5, 0.6) is 0 Å². The fourth-order valence-corrected chi connectivity index (χ4v) is 2.70. The van der Waals surface area contributed by atoms with Gasteiger partial charge in [0.05, 0.1) is 4.90 Å². The zero-order chi connectivity index (χ0) is 13.1. The van der Waals surface area contributed by atoms with Crippen LogP contribution in [0.1, 0.15) is 24.5 Å². The summed E-state index contributed by atoms with van der Waals surface area (Å²) >= 11 is 0. The van der Waals surface area contributed by atoms with E-state index in [0.717, 1.165) is 0 Å². The Morgan fingerprint density at radius 2 is 2.06 bits per heavy atom. The Hall–Kier alpha value is -0.980. The Morgan fingerprint density at radius 3 is 2.59 bits per heavy atom. The molecule has 96 valence electrons. The highest BCUT2D eigenvalue weighted by molar-refractivity contribution is 7.89. The fraction of sp³-hybridized carbons (Fsp3) is 0.455. The molecule has 3 N–H and O–H groups in total. The fourth-order valence-electron chi connectivity index (χ4n) is 1.43. The van der Waals surface area contributed by atoms with Gasteiger partial charge in [-0.2, -0.15) is 0 Å². The molecule has 0 aromatic heterocycles. The Morgan fingerprint density at radius 1 is 1.41 bits per heavy atom. The lowest BCUT2D eigenvalue weighted by Crippen LogP contribution is -2.25. The molecule has 1 aromatic carbocycles. The first-order valence-electron chi connectivity index (χ1n) is 5.41. The van der Waals surface area contributed by atoms with Crippen molar-refractivity contribution in [2.45, 2.75) is 31.7 Å². The van der Waals surface area contributed by atoms with Crippen LogP contribution in [0.3, 0.4) is 0 Å². The minimum absolute atomic E-state index is 0.0240. The lowest BCUT2D eigenvalue weighted by atomic mass is 10.1. The molecular formula is C11H17FN2O2S. The number of sulfonamides is 1. The number of nitrogens with one attached hydrogen (secondary N) is 1. The molecule has 0 aliphatic rings. The van der Waals surface area contributed by atoms with E-state index in [1.54, 1.807) is 0 Å². The lowest BCUT2D eigenvalue weighted by Gasteiger charge is -2.09. The van der Waals surface area contributed by atoms with Crippen LogP contribution < -0.4 is 10.5 Å². The summed E-state index contributed by atoms with van der Waals surface area (Å²) < 4.78 is 39.7. The molecule has 0 amide bonds. The summed E-state index contributed by atoms with van der Waals surface area (Å²) in [5.41, 5.74) is 5.87. The molecule has 0 fully saturated rings. The third-order valence-electron chi connectivity index (χ3n) is 2.38. The van der Waals surface area contributed by atoms with Crippen molar-refractivity contribution in [2.75, 3.05) is 6.54 Å². The van der Waals surface area contributed by atoms with Crippen LogP contribution in [-0.2, 0) is 16.6 Å². The normalized spacial score (nSPS) is 11.8. The number of rotatable bonds is 5. The van der Waals surface area contributed by atoms with E-state index >= 15 is 0 Å². The molecule has 6 heteroatoms. The van der Waals surface area contributed by atoms with Crippen molar-refractivity contribution in [2.24, 2.45) is 5.73 Å². The molecule has 1 rings (SSSR count). The van der Waals surface area contributed by atoms with Gasteiger partial charge in [-0.25, -0.2) is 17.5 Å². The molecular weight excluding hydrogens is 243 g/mol. The Balaban J connectivity index is 3.19. The smallest absolute Gasteiger partial charge is 0.240 e. The Bertz CT molecular complexity index is 500. The first-order chi connectivity index (χ1) is 7.92. The molecule has 1 aromatic rings. The standard InChI is InChI=1S/C11H17FN2O2S/c1-3-4-14-17(15,16)10-5-8(2)11(12)9(6-10)7-13/h5-6,14H,3-4,7,13H2,1-2H3. The van der Waals surface area contributed by atoms with Gasteiger partial charge in [0, 0.05) is 18.7 Å². The van der Waals surface area contributed by atoms with Gasteiger partial charge in [0.25, 0.3) is 0 Å². The predicted octanol–water partition coefficient (Wildman–Crippen LogP) is 1.28. The van der Waals surface area contributed by atoms with Gasteiger partial charge in [-0.1, -0.05) is 6.92 Å². The number of hydrogen-bond donors (Lipinski definition) is 2. The van der Waals surface area contributed by atoms with Crippen LogP contribution in [0.2, 0.25) is 0 Å². The third kappa shape index (κ3) is 3.24. The second-order valence-corrected chi connectivity index (χ2v) is 5.58. The van der Waals surface area contributed by atoms with Crippen LogP contribution in [0.15, 0.2) is 17.0 Å². The molecule has 17 heavy (non-hydrogen) atoms. The molecule has 0 aliphatic heterocycles. The number of benzene rings is 1. The van der Waals surface area contributed by atoms with Crippen LogP contribution >= 0.6 is 0 Å². The van der Waals surface area contributed by atoms with Gasteiger partial charge in [0.15, 0.2) is 0 Å². The molecule has 0 saturated heterocycles. The minimum Gasteiger partial charge on any atom is -0.326 e. The largest absolute Gasteiger partial charge is 0.326 e. The van der Waals surface area contributed by atoms with Crippen LogP contribution in [0.4, 0.5) is 4.39 Å². The highest BCUT2D eigenvalue weighted by Gasteiger charge is 2.16. The van der Waals surface area contributed by atoms with Crippen LogP contribution in [0.25, 0.3) is 0 Å². The summed E-state index contributed by atoms with van der Waals surface area (Å²) in [5.74, 6) is -0.443. The lowest BCUT2D eigenvalue weighted by molar-refractivity contribution is 0.577. The van der Waals surface area contributed by atoms with E-state index in [9.17, 15) is 12.8 Å². The minimum atomic E-state index is -3.57. The molecule has 0 bridgehead atoms. The van der Waals surface area contributed by atoms with Crippen molar-refractivity contribution in [1.82, 2.24) is 4.72 Å². The zero-order valence-electron chi connectivity index (χ0n) is 9.96. The van der Waals surface area contributed by atoms with Gasteiger partial charge in [-0.3, -0.25) is 0 Å². The topological polar surface area (TPSA) is 72.2 Å². The van der Waals surface area contributed by atoms with Crippen molar-refractivity contribution in [3.05, 3.63) is 29.1 Å². The zero-order valence-corrected chi connectivity index (χ0v) is 10.8. The van der Waals surface area contributed by atoms with Crippen LogP contribution in [0, 0.1) is 12.7 Å². The molecule has 0 heterocycles. The van der Waals surface area contributed by atoms with E-state index in [1.807, 2.05) is 6.92 Å². The van der Waals surface area contributed by atoms with Crippen molar-refractivity contribution < 1.29 is 12.8 Å². The SMILES string of the molecule is CCCNS(=O)(=O)c1cc(C)c(F)c(CN)c1. The molecule has 0 atom stereocenters. The second kappa shape index (κ2) is 5.57. The van der Waals surface area contributed by atoms with Gasteiger partial charge in [-0.05, 0) is 31.0 Å².